The Kier molecular flexibility index (Phi) is 5.11. The lowest BCUT2D eigenvalue weighted by Crippen LogP contribution is -2.53. The van der Waals surface area contributed by atoms with Crippen LogP contribution < -0.4 is 10.6 Å². The van der Waals surface area contributed by atoms with Crippen molar-refractivity contribution in [3.8, 4) is 0 Å². The molecule has 2 N–H and O–H groups in total. The summed E-state index contributed by atoms with van der Waals surface area (Å²) in [6.45, 7) is 2.06. The van der Waals surface area contributed by atoms with Crippen LogP contribution in [0.2, 0.25) is 0 Å². The van der Waals surface area contributed by atoms with E-state index in [1.165, 1.54) is 4.90 Å². The topological polar surface area (TPSA) is 81.8 Å². The molecular weight excluding hydrogens is 370 g/mol. The zero-order valence-electron chi connectivity index (χ0n) is 15.3. The molecule has 2 saturated heterocycles. The van der Waals surface area contributed by atoms with E-state index in [2.05, 4.69) is 10.6 Å². The predicted molar refractivity (Wildman–Crippen MR) is 95.6 cm³/mol. The van der Waals surface area contributed by atoms with Gasteiger partial charge >= 0.3 is 0 Å². The molecular formula is C19H22F2N4O3. The summed E-state index contributed by atoms with van der Waals surface area (Å²) in [7, 11) is 0. The number of fused-ring (bicyclic) bond motifs is 1. The molecule has 1 aromatic rings. The molecule has 3 amide bonds. The zero-order valence-corrected chi connectivity index (χ0v) is 15.3. The normalized spacial score (nSPS) is 26.0. The lowest BCUT2D eigenvalue weighted by molar-refractivity contribution is -0.136. The standard InChI is InChI=1S/C19H22F2N4O3/c20-17(21)15-8-22-5-6-24(15)9-11-1-2-12-10-25(19(28)13(12)7-11)14-3-4-16(26)23-18(14)27/h1-2,7,14-15,17,22H,3-6,8-10H2,(H,23,26,27). The van der Waals surface area contributed by atoms with E-state index in [1.54, 1.807) is 11.0 Å². The molecule has 3 aliphatic rings. The number of imide groups is 1. The van der Waals surface area contributed by atoms with Crippen LogP contribution in [-0.4, -0.2) is 65.7 Å². The summed E-state index contributed by atoms with van der Waals surface area (Å²) in [6, 6.07) is 3.92. The minimum absolute atomic E-state index is 0.208. The third-order valence-corrected chi connectivity index (χ3v) is 5.67. The summed E-state index contributed by atoms with van der Waals surface area (Å²) in [6.07, 6.45) is -1.92. The second-order valence-electron chi connectivity index (χ2n) is 7.47. The second kappa shape index (κ2) is 7.56. The summed E-state index contributed by atoms with van der Waals surface area (Å²) >= 11 is 0. The fraction of sp³-hybridized carbons (Fsp3) is 0.526. The molecule has 2 fully saturated rings. The van der Waals surface area contributed by atoms with Gasteiger partial charge in [-0.05, 0) is 23.6 Å². The molecule has 0 aliphatic carbocycles. The van der Waals surface area contributed by atoms with Crippen LogP contribution in [0.3, 0.4) is 0 Å². The van der Waals surface area contributed by atoms with E-state index in [1.807, 2.05) is 12.1 Å². The number of piperazine rings is 1. The monoisotopic (exact) mass is 392 g/mol. The zero-order chi connectivity index (χ0) is 19.8. The number of hydrogen-bond donors (Lipinski definition) is 2. The van der Waals surface area contributed by atoms with Crippen LogP contribution in [0.25, 0.3) is 0 Å². The van der Waals surface area contributed by atoms with Gasteiger partial charge in [0.2, 0.25) is 11.8 Å². The van der Waals surface area contributed by atoms with Gasteiger partial charge in [-0.25, -0.2) is 8.78 Å². The average Bonchev–Trinajstić information content (AvgIpc) is 2.98. The number of carbonyl (C=O) groups is 3. The third kappa shape index (κ3) is 3.51. The Balaban J connectivity index is 1.50. The van der Waals surface area contributed by atoms with E-state index in [0.717, 1.165) is 11.1 Å². The highest BCUT2D eigenvalue weighted by molar-refractivity contribution is 6.05. The van der Waals surface area contributed by atoms with Crippen LogP contribution in [0.15, 0.2) is 18.2 Å². The van der Waals surface area contributed by atoms with Crippen molar-refractivity contribution >= 4 is 17.7 Å². The van der Waals surface area contributed by atoms with Crippen molar-refractivity contribution in [3.05, 3.63) is 34.9 Å². The molecule has 0 spiro atoms. The van der Waals surface area contributed by atoms with Crippen molar-refractivity contribution in [1.29, 1.82) is 0 Å². The number of halogens is 2. The maximum atomic E-state index is 13.3. The molecule has 9 heteroatoms. The largest absolute Gasteiger partial charge is 0.322 e. The summed E-state index contributed by atoms with van der Waals surface area (Å²) in [5.41, 5.74) is 2.11. The molecule has 0 bridgehead atoms. The molecule has 3 heterocycles. The molecule has 2 unspecified atom stereocenters. The highest BCUT2D eigenvalue weighted by atomic mass is 19.3. The van der Waals surface area contributed by atoms with Crippen molar-refractivity contribution in [3.63, 3.8) is 0 Å². The van der Waals surface area contributed by atoms with Gasteiger partial charge in [-0.3, -0.25) is 24.6 Å². The maximum Gasteiger partial charge on any atom is 0.255 e. The van der Waals surface area contributed by atoms with Crippen LogP contribution in [0.1, 0.15) is 34.3 Å². The smallest absolute Gasteiger partial charge is 0.255 e. The van der Waals surface area contributed by atoms with Crippen LogP contribution >= 0.6 is 0 Å². The minimum atomic E-state index is -2.44. The Labute approximate surface area is 161 Å². The molecule has 1 aromatic carbocycles. The van der Waals surface area contributed by atoms with Crippen LogP contribution in [0, 0.1) is 0 Å². The molecule has 0 saturated carbocycles. The van der Waals surface area contributed by atoms with Crippen LogP contribution in [0.5, 0.6) is 0 Å². The molecule has 3 aliphatic heterocycles. The summed E-state index contributed by atoms with van der Waals surface area (Å²) in [5.74, 6) is -1.02. The molecule has 7 nitrogen and oxygen atoms in total. The first-order valence-electron chi connectivity index (χ1n) is 9.43. The first kappa shape index (κ1) is 18.9. The predicted octanol–water partition coefficient (Wildman–Crippen LogP) is 0.487. The van der Waals surface area contributed by atoms with E-state index in [0.29, 0.717) is 38.2 Å². The van der Waals surface area contributed by atoms with Crippen molar-refractivity contribution in [2.24, 2.45) is 0 Å². The van der Waals surface area contributed by atoms with Crippen LogP contribution in [0.4, 0.5) is 8.78 Å². The molecule has 0 aromatic heterocycles. The number of carbonyl (C=O) groups excluding carboxylic acids is 3. The Morgan fingerprint density at radius 1 is 1.21 bits per heavy atom. The van der Waals surface area contributed by atoms with E-state index in [-0.39, 0.29) is 24.8 Å². The first-order chi connectivity index (χ1) is 13.4. The Morgan fingerprint density at radius 2 is 2.04 bits per heavy atom. The highest BCUT2D eigenvalue weighted by Crippen LogP contribution is 2.29. The molecule has 0 radical (unpaired) electrons. The van der Waals surface area contributed by atoms with Gasteiger partial charge in [0, 0.05) is 44.7 Å². The average molecular weight is 392 g/mol. The number of piperidine rings is 1. The quantitative estimate of drug-likeness (QED) is 0.729. The van der Waals surface area contributed by atoms with E-state index >= 15 is 0 Å². The number of amides is 3. The van der Waals surface area contributed by atoms with Gasteiger partial charge in [0.1, 0.15) is 6.04 Å². The lowest BCUT2D eigenvalue weighted by Gasteiger charge is -2.35. The Bertz CT molecular complexity index is 816. The van der Waals surface area contributed by atoms with Gasteiger partial charge < -0.3 is 10.2 Å². The van der Waals surface area contributed by atoms with Crippen molar-refractivity contribution in [2.75, 3.05) is 19.6 Å². The summed E-state index contributed by atoms with van der Waals surface area (Å²) in [5, 5.41) is 5.26. The summed E-state index contributed by atoms with van der Waals surface area (Å²) < 4.78 is 26.5. The molecule has 2 atom stereocenters. The number of benzene rings is 1. The second-order valence-corrected chi connectivity index (χ2v) is 7.47. The number of nitrogens with zero attached hydrogens (tertiary/aromatic N) is 2. The van der Waals surface area contributed by atoms with Gasteiger partial charge in [0.25, 0.3) is 12.3 Å². The van der Waals surface area contributed by atoms with Crippen molar-refractivity contribution < 1.29 is 23.2 Å². The molecule has 4 rings (SSSR count). The lowest BCUT2D eigenvalue weighted by atomic mass is 10.0. The Morgan fingerprint density at radius 3 is 2.79 bits per heavy atom. The van der Waals surface area contributed by atoms with Crippen molar-refractivity contribution in [2.45, 2.75) is 44.4 Å². The van der Waals surface area contributed by atoms with Gasteiger partial charge in [-0.2, -0.15) is 0 Å². The van der Waals surface area contributed by atoms with Gasteiger partial charge in [0.15, 0.2) is 0 Å². The summed E-state index contributed by atoms with van der Waals surface area (Å²) in [4.78, 5) is 39.5. The van der Waals surface area contributed by atoms with E-state index < -0.39 is 24.4 Å². The number of alkyl halides is 2. The minimum Gasteiger partial charge on any atom is -0.322 e. The van der Waals surface area contributed by atoms with E-state index in [9.17, 15) is 23.2 Å². The molecule has 150 valence electrons. The van der Waals surface area contributed by atoms with Crippen molar-refractivity contribution in [1.82, 2.24) is 20.4 Å². The SMILES string of the molecule is O=C1CCC(N2Cc3ccc(CN4CCNCC4C(F)F)cc3C2=O)C(=O)N1. The number of rotatable bonds is 4. The third-order valence-electron chi connectivity index (χ3n) is 5.67. The van der Waals surface area contributed by atoms with Gasteiger partial charge in [-0.15, -0.1) is 0 Å². The van der Waals surface area contributed by atoms with Gasteiger partial charge in [0.05, 0.1) is 6.04 Å². The number of hydrogen-bond acceptors (Lipinski definition) is 5. The maximum absolute atomic E-state index is 13.3. The van der Waals surface area contributed by atoms with Gasteiger partial charge in [-0.1, -0.05) is 12.1 Å². The van der Waals surface area contributed by atoms with E-state index in [4.69, 9.17) is 0 Å². The van der Waals surface area contributed by atoms with Crippen LogP contribution in [-0.2, 0) is 22.7 Å². The fourth-order valence-corrected chi connectivity index (χ4v) is 4.15. The fourth-order valence-electron chi connectivity index (χ4n) is 4.15. The highest BCUT2D eigenvalue weighted by Gasteiger charge is 2.39. The Hall–Kier alpha value is -2.39. The first-order valence-corrected chi connectivity index (χ1v) is 9.43. The number of nitrogens with one attached hydrogen (secondary N) is 2. The molecule has 28 heavy (non-hydrogen) atoms.